The zero-order valence-electron chi connectivity index (χ0n) is 14.6. The highest BCUT2D eigenvalue weighted by Crippen LogP contribution is 2.61. The molecule has 2 atom stereocenters. The molecule has 0 aromatic heterocycles. The number of aliphatic hydroxyl groups excluding tert-OH is 1. The Hall–Kier alpha value is -1.76. The minimum absolute atomic E-state index is 0.118. The highest BCUT2D eigenvalue weighted by atomic mass is 35.5. The Morgan fingerprint density at radius 2 is 1.85 bits per heavy atom. The fraction of sp³-hybridized carbons (Fsp3) is 0.474. The molecule has 1 aromatic rings. The fourth-order valence-electron chi connectivity index (χ4n) is 4.73. The van der Waals surface area contributed by atoms with Gasteiger partial charge in [0.05, 0.1) is 10.0 Å². The molecular formula is C19H19Cl2NO5. The van der Waals surface area contributed by atoms with Crippen LogP contribution in [0, 0.1) is 11.3 Å². The first-order valence-corrected chi connectivity index (χ1v) is 9.62. The van der Waals surface area contributed by atoms with Gasteiger partial charge in [0.15, 0.2) is 0 Å². The first-order valence-electron chi connectivity index (χ1n) is 8.86. The highest BCUT2D eigenvalue weighted by Gasteiger charge is 2.62. The topological polar surface area (TPSA) is 95.9 Å². The zero-order chi connectivity index (χ0) is 19.6. The van der Waals surface area contributed by atoms with Crippen LogP contribution in [0.5, 0.6) is 0 Å². The lowest BCUT2D eigenvalue weighted by Crippen LogP contribution is -2.48. The number of aliphatic hydroxyl groups is 2. The molecular weight excluding hydrogens is 393 g/mol. The van der Waals surface area contributed by atoms with Crippen LogP contribution in [0.3, 0.4) is 0 Å². The van der Waals surface area contributed by atoms with Crippen LogP contribution >= 0.6 is 23.2 Å². The first kappa shape index (κ1) is 18.6. The number of nitrogens with one attached hydrogen (secondary N) is 1. The molecule has 27 heavy (non-hydrogen) atoms. The van der Waals surface area contributed by atoms with Gasteiger partial charge >= 0.3 is 0 Å². The number of carbonyl (C=O) groups is 2. The summed E-state index contributed by atoms with van der Waals surface area (Å²) >= 11 is 12.6. The van der Waals surface area contributed by atoms with Crippen LogP contribution in [-0.2, 0) is 26.5 Å². The van der Waals surface area contributed by atoms with Crippen molar-refractivity contribution < 1.29 is 24.5 Å². The van der Waals surface area contributed by atoms with E-state index in [1.165, 1.54) is 0 Å². The molecule has 0 radical (unpaired) electrons. The zero-order valence-corrected chi connectivity index (χ0v) is 16.2. The van der Waals surface area contributed by atoms with E-state index in [2.05, 4.69) is 0 Å². The van der Waals surface area contributed by atoms with Crippen molar-refractivity contribution >= 4 is 35.0 Å². The van der Waals surface area contributed by atoms with E-state index in [0.717, 1.165) is 31.2 Å². The number of benzene rings is 1. The Balaban J connectivity index is 1.89. The molecule has 2 amide bonds. The molecule has 1 aliphatic heterocycles. The fourth-order valence-corrected chi connectivity index (χ4v) is 5.20. The van der Waals surface area contributed by atoms with Gasteiger partial charge in [-0.05, 0) is 36.8 Å². The van der Waals surface area contributed by atoms with Gasteiger partial charge in [0.25, 0.3) is 11.8 Å². The third-order valence-corrected chi connectivity index (χ3v) is 7.03. The molecule has 1 aromatic carbocycles. The number of amides is 2. The monoisotopic (exact) mass is 411 g/mol. The van der Waals surface area contributed by atoms with Gasteiger partial charge in [-0.15, -0.1) is 0 Å². The van der Waals surface area contributed by atoms with Crippen LogP contribution < -0.4 is 5.32 Å². The molecule has 1 fully saturated rings. The minimum atomic E-state index is -2.01. The number of hydrogen-bond donors (Lipinski definition) is 3. The van der Waals surface area contributed by atoms with Crippen LogP contribution in [0.2, 0.25) is 10.0 Å². The maximum atomic E-state index is 12.1. The normalized spacial score (nSPS) is 30.8. The van der Waals surface area contributed by atoms with Crippen LogP contribution in [0.1, 0.15) is 43.7 Å². The summed E-state index contributed by atoms with van der Waals surface area (Å²) in [4.78, 5) is 23.7. The second kappa shape index (κ2) is 6.12. The van der Waals surface area contributed by atoms with E-state index in [1.54, 1.807) is 12.1 Å². The van der Waals surface area contributed by atoms with Gasteiger partial charge in [-0.25, -0.2) is 0 Å². The summed E-state index contributed by atoms with van der Waals surface area (Å²) < 4.78 is 5.75. The van der Waals surface area contributed by atoms with Crippen LogP contribution in [0.25, 0.3) is 0 Å². The van der Waals surface area contributed by atoms with E-state index < -0.39 is 34.5 Å². The SMILES string of the molecule is CC1(C2CCCC2)Cc2ccc(Cl)c(Cl)c2C1(O)OC1=C(O)C(=O)NC1=O. The quantitative estimate of drug-likeness (QED) is 0.523. The van der Waals surface area contributed by atoms with Crippen LogP contribution in [-0.4, -0.2) is 22.0 Å². The van der Waals surface area contributed by atoms with Gasteiger partial charge in [-0.3, -0.25) is 14.9 Å². The number of imide groups is 1. The van der Waals surface area contributed by atoms with Crippen molar-refractivity contribution in [2.75, 3.05) is 0 Å². The maximum absolute atomic E-state index is 12.1. The number of rotatable bonds is 3. The summed E-state index contributed by atoms with van der Waals surface area (Å²) in [6.45, 7) is 1.89. The molecule has 4 rings (SSSR count). The molecule has 144 valence electrons. The van der Waals surface area contributed by atoms with Crippen LogP contribution in [0.15, 0.2) is 23.7 Å². The van der Waals surface area contributed by atoms with Crippen molar-refractivity contribution in [3.63, 3.8) is 0 Å². The Bertz CT molecular complexity index is 892. The predicted octanol–water partition coefficient (Wildman–Crippen LogP) is 3.33. The summed E-state index contributed by atoms with van der Waals surface area (Å²) in [6.07, 6.45) is 4.35. The Morgan fingerprint density at radius 3 is 2.44 bits per heavy atom. The van der Waals surface area contributed by atoms with E-state index in [9.17, 15) is 19.8 Å². The predicted molar refractivity (Wildman–Crippen MR) is 98.0 cm³/mol. The Morgan fingerprint density at radius 1 is 1.19 bits per heavy atom. The Labute approximate surface area is 166 Å². The number of ether oxygens (including phenoxy) is 1. The summed E-state index contributed by atoms with van der Waals surface area (Å²) in [7, 11) is 0. The van der Waals surface area contributed by atoms with Crippen molar-refractivity contribution in [2.24, 2.45) is 11.3 Å². The molecule has 1 heterocycles. The summed E-state index contributed by atoms with van der Waals surface area (Å²) in [6, 6.07) is 3.44. The minimum Gasteiger partial charge on any atom is -0.500 e. The van der Waals surface area contributed by atoms with E-state index in [0.29, 0.717) is 12.0 Å². The smallest absolute Gasteiger partial charge is 0.297 e. The lowest BCUT2D eigenvalue weighted by atomic mass is 9.70. The summed E-state index contributed by atoms with van der Waals surface area (Å²) in [5, 5.41) is 24.1. The molecule has 0 spiro atoms. The van der Waals surface area contributed by atoms with E-state index in [-0.39, 0.29) is 16.0 Å². The van der Waals surface area contributed by atoms with E-state index in [4.69, 9.17) is 27.9 Å². The largest absolute Gasteiger partial charge is 0.500 e. The van der Waals surface area contributed by atoms with Gasteiger partial charge in [0.1, 0.15) is 0 Å². The standard InChI is InChI=1S/C19H19Cl2NO5/c1-18(10-4-2-3-5-10)8-9-6-7-11(20)13(21)12(9)19(18,26)27-15-14(23)16(24)22-17(15)25/h6-7,10,26H,2-5,8H2,1H3,(H2,22,23,24,25). The first-order chi connectivity index (χ1) is 12.7. The molecule has 0 saturated heterocycles. The van der Waals surface area contributed by atoms with Crippen molar-refractivity contribution in [3.05, 3.63) is 44.8 Å². The van der Waals surface area contributed by atoms with Crippen molar-refractivity contribution in [2.45, 2.75) is 44.8 Å². The second-order valence-corrected chi connectivity index (χ2v) is 8.46. The molecule has 3 aliphatic rings. The number of hydrogen-bond acceptors (Lipinski definition) is 5. The highest BCUT2D eigenvalue weighted by molar-refractivity contribution is 6.42. The number of carbonyl (C=O) groups excluding carboxylic acids is 2. The average Bonchev–Trinajstić information content (AvgIpc) is 3.28. The summed E-state index contributed by atoms with van der Waals surface area (Å²) in [5.74, 6) is -5.20. The van der Waals surface area contributed by atoms with Gasteiger partial charge in [-0.1, -0.05) is 49.0 Å². The molecule has 3 N–H and O–H groups in total. The molecule has 8 heteroatoms. The van der Waals surface area contributed by atoms with Crippen molar-refractivity contribution in [1.29, 1.82) is 0 Å². The van der Waals surface area contributed by atoms with E-state index in [1.807, 2.05) is 12.2 Å². The van der Waals surface area contributed by atoms with Crippen molar-refractivity contribution in [1.82, 2.24) is 5.32 Å². The van der Waals surface area contributed by atoms with Gasteiger partial charge in [0, 0.05) is 11.0 Å². The van der Waals surface area contributed by atoms with Gasteiger partial charge in [0.2, 0.25) is 17.3 Å². The third kappa shape index (κ3) is 2.50. The number of fused-ring (bicyclic) bond motifs is 1. The molecule has 2 unspecified atom stereocenters. The van der Waals surface area contributed by atoms with Crippen molar-refractivity contribution in [3.8, 4) is 0 Å². The lowest BCUT2D eigenvalue weighted by Gasteiger charge is -2.44. The third-order valence-electron chi connectivity index (χ3n) is 6.22. The average molecular weight is 412 g/mol. The second-order valence-electron chi connectivity index (χ2n) is 7.68. The number of halogens is 2. The Kier molecular flexibility index (Phi) is 4.22. The molecule has 2 aliphatic carbocycles. The maximum Gasteiger partial charge on any atom is 0.297 e. The van der Waals surface area contributed by atoms with Gasteiger partial charge in [-0.2, -0.15) is 0 Å². The molecule has 0 bridgehead atoms. The molecule has 6 nitrogen and oxygen atoms in total. The lowest BCUT2D eigenvalue weighted by molar-refractivity contribution is -0.265. The van der Waals surface area contributed by atoms with Crippen LogP contribution in [0.4, 0.5) is 0 Å². The van der Waals surface area contributed by atoms with Gasteiger partial charge < -0.3 is 14.9 Å². The summed E-state index contributed by atoms with van der Waals surface area (Å²) in [5.41, 5.74) is 0.254. The molecule has 1 saturated carbocycles. The van der Waals surface area contributed by atoms with E-state index >= 15 is 0 Å².